The molecule has 0 aliphatic carbocycles. The van der Waals surface area contributed by atoms with E-state index < -0.39 is 5.97 Å². The van der Waals surface area contributed by atoms with Crippen molar-refractivity contribution in [2.45, 2.75) is 33.3 Å². The third-order valence-electron chi connectivity index (χ3n) is 1.68. The molecule has 0 aliphatic rings. The number of carboxylic acid groups (broad SMARTS) is 1. The average Bonchev–Trinajstić information content (AvgIpc) is 2.03. The van der Waals surface area contributed by atoms with E-state index in [4.69, 9.17) is 9.84 Å². The van der Waals surface area contributed by atoms with Gasteiger partial charge in [0.1, 0.15) is 0 Å². The second kappa shape index (κ2) is 5.77. The molecule has 0 aromatic heterocycles. The van der Waals surface area contributed by atoms with Gasteiger partial charge in [0.25, 0.3) is 0 Å². The first-order valence-electron chi connectivity index (χ1n) is 4.09. The normalized spacial score (nSPS) is 14.4. The van der Waals surface area contributed by atoms with Crippen molar-refractivity contribution in [3.05, 3.63) is 11.6 Å². The van der Waals surface area contributed by atoms with Gasteiger partial charge in [-0.1, -0.05) is 6.92 Å². The fourth-order valence-corrected chi connectivity index (χ4v) is 0.543. The van der Waals surface area contributed by atoms with Crippen molar-refractivity contribution in [3.8, 4) is 0 Å². The first-order valence-corrected chi connectivity index (χ1v) is 4.09. The topological polar surface area (TPSA) is 46.5 Å². The first kappa shape index (κ1) is 11.2. The summed E-state index contributed by atoms with van der Waals surface area (Å²) < 4.78 is 5.27. The molecule has 0 bridgehead atoms. The molecule has 0 aromatic rings. The lowest BCUT2D eigenvalue weighted by Gasteiger charge is -2.07. The molecule has 0 spiro atoms. The Morgan fingerprint density at radius 1 is 1.67 bits per heavy atom. The molecule has 0 heterocycles. The van der Waals surface area contributed by atoms with Crippen LogP contribution in [-0.2, 0) is 9.53 Å². The lowest BCUT2D eigenvalue weighted by Crippen LogP contribution is -2.07. The van der Waals surface area contributed by atoms with Gasteiger partial charge in [-0.2, -0.15) is 0 Å². The van der Waals surface area contributed by atoms with E-state index in [-0.39, 0.29) is 6.10 Å². The van der Waals surface area contributed by atoms with Crippen molar-refractivity contribution in [2.75, 3.05) is 6.61 Å². The summed E-state index contributed by atoms with van der Waals surface area (Å²) in [6, 6.07) is 0. The fraction of sp³-hybridized carbons (Fsp3) is 0.667. The van der Waals surface area contributed by atoms with Crippen molar-refractivity contribution >= 4 is 5.97 Å². The van der Waals surface area contributed by atoms with Crippen LogP contribution in [0.2, 0.25) is 0 Å². The van der Waals surface area contributed by atoms with Gasteiger partial charge in [-0.25, -0.2) is 4.79 Å². The summed E-state index contributed by atoms with van der Waals surface area (Å²) in [5.41, 5.74) is 0.332. The highest BCUT2D eigenvalue weighted by atomic mass is 16.5. The number of hydrogen-bond donors (Lipinski definition) is 1. The molecule has 0 rings (SSSR count). The van der Waals surface area contributed by atoms with Crippen molar-refractivity contribution in [1.82, 2.24) is 0 Å². The van der Waals surface area contributed by atoms with Gasteiger partial charge in [0.2, 0.25) is 0 Å². The molecular weight excluding hydrogens is 156 g/mol. The highest BCUT2D eigenvalue weighted by molar-refractivity contribution is 5.85. The van der Waals surface area contributed by atoms with E-state index in [1.54, 1.807) is 13.0 Å². The van der Waals surface area contributed by atoms with E-state index >= 15 is 0 Å². The standard InChI is InChI=1S/C9H16O3/c1-4-8(3)12-6-5-7(2)9(10)11/h5,8H,4,6H2,1-3H3,(H,10,11). The Balaban J connectivity index is 3.67. The second-order valence-corrected chi connectivity index (χ2v) is 2.74. The molecule has 3 nitrogen and oxygen atoms in total. The van der Waals surface area contributed by atoms with Crippen LogP contribution in [-0.4, -0.2) is 23.8 Å². The highest BCUT2D eigenvalue weighted by Gasteiger charge is 1.99. The number of rotatable bonds is 5. The number of ether oxygens (including phenoxy) is 1. The molecule has 70 valence electrons. The summed E-state index contributed by atoms with van der Waals surface area (Å²) in [6.45, 7) is 5.93. The fourth-order valence-electron chi connectivity index (χ4n) is 0.543. The molecule has 0 radical (unpaired) electrons. The van der Waals surface area contributed by atoms with Gasteiger partial charge < -0.3 is 9.84 Å². The molecule has 12 heavy (non-hydrogen) atoms. The zero-order chi connectivity index (χ0) is 9.56. The third-order valence-corrected chi connectivity index (χ3v) is 1.68. The molecule has 0 saturated carbocycles. The van der Waals surface area contributed by atoms with Gasteiger partial charge >= 0.3 is 5.97 Å². The predicted molar refractivity (Wildman–Crippen MR) is 47.1 cm³/mol. The lowest BCUT2D eigenvalue weighted by atomic mass is 10.3. The molecule has 0 saturated heterocycles. The molecule has 1 atom stereocenters. The Kier molecular flexibility index (Phi) is 5.37. The van der Waals surface area contributed by atoms with Crippen LogP contribution >= 0.6 is 0 Å². The van der Waals surface area contributed by atoms with Crippen LogP contribution in [0.25, 0.3) is 0 Å². The van der Waals surface area contributed by atoms with Gasteiger partial charge in [-0.05, 0) is 26.3 Å². The summed E-state index contributed by atoms with van der Waals surface area (Å²) >= 11 is 0. The number of carbonyl (C=O) groups is 1. The maximum Gasteiger partial charge on any atom is 0.331 e. The van der Waals surface area contributed by atoms with Crippen LogP contribution < -0.4 is 0 Å². The van der Waals surface area contributed by atoms with E-state index in [1.165, 1.54) is 0 Å². The van der Waals surface area contributed by atoms with E-state index in [9.17, 15) is 4.79 Å². The monoisotopic (exact) mass is 172 g/mol. The Hall–Kier alpha value is -0.830. The summed E-state index contributed by atoms with van der Waals surface area (Å²) in [6.07, 6.45) is 2.72. The van der Waals surface area contributed by atoms with Crippen molar-refractivity contribution < 1.29 is 14.6 Å². The van der Waals surface area contributed by atoms with Gasteiger partial charge in [0.05, 0.1) is 12.7 Å². The van der Waals surface area contributed by atoms with Crippen molar-refractivity contribution in [3.63, 3.8) is 0 Å². The van der Waals surface area contributed by atoms with E-state index in [0.717, 1.165) is 6.42 Å². The number of carboxylic acids is 1. The minimum Gasteiger partial charge on any atom is -0.478 e. The quantitative estimate of drug-likeness (QED) is 0.643. The van der Waals surface area contributed by atoms with Gasteiger partial charge in [-0.15, -0.1) is 0 Å². The molecule has 1 N–H and O–H groups in total. The zero-order valence-corrected chi connectivity index (χ0v) is 7.83. The van der Waals surface area contributed by atoms with Crippen molar-refractivity contribution in [1.29, 1.82) is 0 Å². The van der Waals surface area contributed by atoms with Gasteiger partial charge in [0, 0.05) is 5.57 Å². The molecule has 0 aromatic carbocycles. The Bertz CT molecular complexity index is 173. The van der Waals surface area contributed by atoms with Crippen LogP contribution in [0, 0.1) is 0 Å². The lowest BCUT2D eigenvalue weighted by molar-refractivity contribution is -0.132. The van der Waals surface area contributed by atoms with E-state index in [1.807, 2.05) is 13.8 Å². The van der Waals surface area contributed by atoms with Crippen molar-refractivity contribution in [2.24, 2.45) is 0 Å². The molecule has 1 unspecified atom stereocenters. The maximum absolute atomic E-state index is 10.3. The molecule has 0 aliphatic heterocycles. The Morgan fingerprint density at radius 2 is 2.25 bits per heavy atom. The van der Waals surface area contributed by atoms with Crippen LogP contribution in [0.3, 0.4) is 0 Å². The average molecular weight is 172 g/mol. The molecular formula is C9H16O3. The highest BCUT2D eigenvalue weighted by Crippen LogP contribution is 1.97. The van der Waals surface area contributed by atoms with Crippen LogP contribution in [0.1, 0.15) is 27.2 Å². The summed E-state index contributed by atoms with van der Waals surface area (Å²) in [5.74, 6) is -0.886. The number of hydrogen-bond acceptors (Lipinski definition) is 2. The van der Waals surface area contributed by atoms with Crippen LogP contribution in [0.15, 0.2) is 11.6 Å². The third kappa shape index (κ3) is 4.91. The predicted octanol–water partition coefficient (Wildman–Crippen LogP) is 1.83. The first-order chi connectivity index (χ1) is 5.57. The SMILES string of the molecule is CCC(C)OCC=C(C)C(=O)O. The van der Waals surface area contributed by atoms with E-state index in [2.05, 4.69) is 0 Å². The molecule has 3 heteroatoms. The maximum atomic E-state index is 10.3. The number of aliphatic carboxylic acids is 1. The van der Waals surface area contributed by atoms with Crippen LogP contribution in [0.5, 0.6) is 0 Å². The zero-order valence-electron chi connectivity index (χ0n) is 7.83. The molecule has 0 fully saturated rings. The Morgan fingerprint density at radius 3 is 2.67 bits per heavy atom. The summed E-state index contributed by atoms with van der Waals surface area (Å²) in [5, 5.41) is 8.48. The smallest absolute Gasteiger partial charge is 0.331 e. The van der Waals surface area contributed by atoms with Gasteiger partial charge in [-0.3, -0.25) is 0 Å². The Labute approximate surface area is 73.0 Å². The second-order valence-electron chi connectivity index (χ2n) is 2.74. The minimum atomic E-state index is -0.886. The minimum absolute atomic E-state index is 0.197. The molecule has 0 amide bonds. The van der Waals surface area contributed by atoms with Gasteiger partial charge in [0.15, 0.2) is 0 Å². The van der Waals surface area contributed by atoms with Crippen LogP contribution in [0.4, 0.5) is 0 Å². The summed E-state index contributed by atoms with van der Waals surface area (Å²) in [4.78, 5) is 10.3. The van der Waals surface area contributed by atoms with E-state index in [0.29, 0.717) is 12.2 Å². The largest absolute Gasteiger partial charge is 0.478 e. The summed E-state index contributed by atoms with van der Waals surface area (Å²) in [7, 11) is 0.